The molecule has 0 saturated heterocycles. The number of carbonyl (C=O) groups excluding carboxylic acids is 1. The molecule has 5 heteroatoms. The standard InChI is InChI=1S/C14H18N2O3/c1-10(2)16(9-8-15)14(17)11-6-5-7-12(18-3)13(11)19-4/h5-7,10H,9H2,1-4H3. The fraction of sp³-hybridized carbons (Fsp3) is 0.429. The van der Waals surface area contributed by atoms with Gasteiger partial charge >= 0.3 is 0 Å². The lowest BCUT2D eigenvalue weighted by atomic mass is 10.1. The van der Waals surface area contributed by atoms with Crippen LogP contribution in [-0.2, 0) is 0 Å². The number of rotatable bonds is 5. The Bertz CT molecular complexity index is 492. The first-order valence-electron chi connectivity index (χ1n) is 5.95. The maximum absolute atomic E-state index is 12.5. The summed E-state index contributed by atoms with van der Waals surface area (Å²) in [4.78, 5) is 13.9. The average Bonchev–Trinajstić information content (AvgIpc) is 2.42. The first kappa shape index (κ1) is 14.8. The fourth-order valence-corrected chi connectivity index (χ4v) is 1.78. The second-order valence-corrected chi connectivity index (χ2v) is 4.23. The molecule has 0 fully saturated rings. The van der Waals surface area contributed by atoms with Gasteiger partial charge in [-0.25, -0.2) is 0 Å². The summed E-state index contributed by atoms with van der Waals surface area (Å²) >= 11 is 0. The third-order valence-electron chi connectivity index (χ3n) is 2.76. The fourth-order valence-electron chi connectivity index (χ4n) is 1.78. The molecule has 0 heterocycles. The van der Waals surface area contributed by atoms with Crippen molar-refractivity contribution in [2.75, 3.05) is 20.8 Å². The Balaban J connectivity index is 3.21. The van der Waals surface area contributed by atoms with Crippen molar-refractivity contribution in [3.8, 4) is 17.6 Å². The minimum Gasteiger partial charge on any atom is -0.493 e. The number of ether oxygens (including phenoxy) is 2. The number of para-hydroxylation sites is 1. The summed E-state index contributed by atoms with van der Waals surface area (Å²) in [7, 11) is 3.00. The summed E-state index contributed by atoms with van der Waals surface area (Å²) in [5, 5.41) is 8.81. The van der Waals surface area contributed by atoms with Crippen molar-refractivity contribution < 1.29 is 14.3 Å². The van der Waals surface area contributed by atoms with Crippen molar-refractivity contribution in [1.29, 1.82) is 5.26 Å². The second kappa shape index (κ2) is 6.64. The molecule has 102 valence electrons. The predicted octanol–water partition coefficient (Wildman–Crippen LogP) is 2.08. The van der Waals surface area contributed by atoms with E-state index in [0.29, 0.717) is 17.1 Å². The summed E-state index contributed by atoms with van der Waals surface area (Å²) in [6.45, 7) is 3.76. The summed E-state index contributed by atoms with van der Waals surface area (Å²) in [5.41, 5.74) is 0.394. The lowest BCUT2D eigenvalue weighted by Crippen LogP contribution is -2.37. The van der Waals surface area contributed by atoms with Crippen molar-refractivity contribution in [3.63, 3.8) is 0 Å². The number of nitrogens with zero attached hydrogens (tertiary/aromatic N) is 2. The van der Waals surface area contributed by atoms with E-state index in [1.807, 2.05) is 19.9 Å². The Kier molecular flexibility index (Phi) is 5.19. The monoisotopic (exact) mass is 262 g/mol. The first-order chi connectivity index (χ1) is 9.06. The van der Waals surface area contributed by atoms with Gasteiger partial charge in [0.05, 0.1) is 25.9 Å². The molecule has 1 amide bonds. The van der Waals surface area contributed by atoms with Crippen molar-refractivity contribution >= 4 is 5.91 Å². The Labute approximate surface area is 113 Å². The molecule has 0 radical (unpaired) electrons. The van der Waals surface area contributed by atoms with E-state index in [-0.39, 0.29) is 18.5 Å². The molecule has 0 atom stereocenters. The molecule has 1 rings (SSSR count). The van der Waals surface area contributed by atoms with E-state index in [2.05, 4.69) is 0 Å². The number of methoxy groups -OCH3 is 2. The van der Waals surface area contributed by atoms with Gasteiger partial charge in [-0.1, -0.05) is 6.07 Å². The molecule has 0 unspecified atom stereocenters. The van der Waals surface area contributed by atoms with Gasteiger partial charge < -0.3 is 14.4 Å². The van der Waals surface area contributed by atoms with Crippen molar-refractivity contribution in [2.45, 2.75) is 19.9 Å². The Morgan fingerprint density at radius 3 is 2.53 bits per heavy atom. The minimum atomic E-state index is -0.243. The maximum atomic E-state index is 12.5. The molecular weight excluding hydrogens is 244 g/mol. The van der Waals surface area contributed by atoms with Gasteiger partial charge in [0.2, 0.25) is 0 Å². The van der Waals surface area contributed by atoms with Gasteiger partial charge in [-0.2, -0.15) is 5.26 Å². The molecule has 0 N–H and O–H groups in total. The van der Waals surface area contributed by atoms with E-state index in [1.165, 1.54) is 19.1 Å². The summed E-state index contributed by atoms with van der Waals surface area (Å²) < 4.78 is 10.4. The largest absolute Gasteiger partial charge is 0.493 e. The van der Waals surface area contributed by atoms with Crippen LogP contribution in [0.25, 0.3) is 0 Å². The lowest BCUT2D eigenvalue weighted by molar-refractivity contribution is 0.0727. The molecule has 5 nitrogen and oxygen atoms in total. The minimum absolute atomic E-state index is 0.0386. The summed E-state index contributed by atoms with van der Waals surface area (Å²) in [6.07, 6.45) is 0. The highest BCUT2D eigenvalue weighted by Gasteiger charge is 2.23. The van der Waals surface area contributed by atoms with Gasteiger partial charge in [-0.15, -0.1) is 0 Å². The SMILES string of the molecule is COc1cccc(C(=O)N(CC#N)C(C)C)c1OC. The molecule has 0 bridgehead atoms. The van der Waals surface area contributed by atoms with Gasteiger partial charge in [0.25, 0.3) is 5.91 Å². The van der Waals surface area contributed by atoms with Crippen LogP contribution >= 0.6 is 0 Å². The van der Waals surface area contributed by atoms with Crippen LogP contribution in [0.3, 0.4) is 0 Å². The molecule has 0 spiro atoms. The zero-order valence-electron chi connectivity index (χ0n) is 11.6. The zero-order chi connectivity index (χ0) is 14.4. The average molecular weight is 262 g/mol. The number of amides is 1. The topological polar surface area (TPSA) is 62.6 Å². The highest BCUT2D eigenvalue weighted by molar-refractivity contribution is 5.98. The molecular formula is C14H18N2O3. The van der Waals surface area contributed by atoms with E-state index >= 15 is 0 Å². The molecule has 19 heavy (non-hydrogen) atoms. The quantitative estimate of drug-likeness (QED) is 0.762. The third kappa shape index (κ3) is 3.16. The maximum Gasteiger partial charge on any atom is 0.258 e. The molecule has 0 aliphatic heterocycles. The van der Waals surface area contributed by atoms with Gasteiger partial charge in [0.15, 0.2) is 11.5 Å². The normalized spacial score (nSPS) is 9.89. The molecule has 0 aromatic heterocycles. The van der Waals surface area contributed by atoms with E-state index in [0.717, 1.165) is 0 Å². The van der Waals surface area contributed by atoms with Crippen LogP contribution in [0.15, 0.2) is 18.2 Å². The smallest absolute Gasteiger partial charge is 0.258 e. The van der Waals surface area contributed by atoms with Crippen LogP contribution in [0.4, 0.5) is 0 Å². The number of hydrogen-bond donors (Lipinski definition) is 0. The van der Waals surface area contributed by atoms with E-state index in [9.17, 15) is 4.79 Å². The lowest BCUT2D eigenvalue weighted by Gasteiger charge is -2.25. The highest BCUT2D eigenvalue weighted by Crippen LogP contribution is 2.31. The van der Waals surface area contributed by atoms with Crippen LogP contribution in [0, 0.1) is 11.3 Å². The number of nitriles is 1. The predicted molar refractivity (Wildman–Crippen MR) is 71.3 cm³/mol. The second-order valence-electron chi connectivity index (χ2n) is 4.23. The van der Waals surface area contributed by atoms with Gasteiger partial charge in [-0.05, 0) is 26.0 Å². The van der Waals surface area contributed by atoms with Crippen molar-refractivity contribution in [2.24, 2.45) is 0 Å². The summed E-state index contributed by atoms with van der Waals surface area (Å²) in [5.74, 6) is 0.639. The van der Waals surface area contributed by atoms with Crippen LogP contribution in [0.1, 0.15) is 24.2 Å². The van der Waals surface area contributed by atoms with Crippen LogP contribution in [0.2, 0.25) is 0 Å². The number of benzene rings is 1. The van der Waals surface area contributed by atoms with Gasteiger partial charge in [0, 0.05) is 6.04 Å². The highest BCUT2D eigenvalue weighted by atomic mass is 16.5. The molecule has 1 aromatic rings. The van der Waals surface area contributed by atoms with Crippen LogP contribution in [-0.4, -0.2) is 37.6 Å². The van der Waals surface area contributed by atoms with Gasteiger partial charge in [0.1, 0.15) is 6.54 Å². The third-order valence-corrected chi connectivity index (χ3v) is 2.76. The molecule has 1 aromatic carbocycles. The first-order valence-corrected chi connectivity index (χ1v) is 5.95. The molecule has 0 aliphatic carbocycles. The van der Waals surface area contributed by atoms with Crippen molar-refractivity contribution in [1.82, 2.24) is 4.90 Å². The zero-order valence-corrected chi connectivity index (χ0v) is 11.6. The Morgan fingerprint density at radius 1 is 1.37 bits per heavy atom. The Hall–Kier alpha value is -2.22. The molecule has 0 aliphatic rings. The van der Waals surface area contributed by atoms with Crippen molar-refractivity contribution in [3.05, 3.63) is 23.8 Å². The summed E-state index contributed by atoms with van der Waals surface area (Å²) in [6, 6.07) is 7.04. The molecule has 0 saturated carbocycles. The van der Waals surface area contributed by atoms with Crippen LogP contribution in [0.5, 0.6) is 11.5 Å². The van der Waals surface area contributed by atoms with E-state index in [4.69, 9.17) is 14.7 Å². The van der Waals surface area contributed by atoms with Gasteiger partial charge in [-0.3, -0.25) is 4.79 Å². The van der Waals surface area contributed by atoms with E-state index < -0.39 is 0 Å². The van der Waals surface area contributed by atoms with Crippen LogP contribution < -0.4 is 9.47 Å². The van der Waals surface area contributed by atoms with E-state index in [1.54, 1.807) is 18.2 Å². The number of hydrogen-bond acceptors (Lipinski definition) is 4. The Morgan fingerprint density at radius 2 is 2.05 bits per heavy atom. The number of carbonyl (C=O) groups is 1.